The molecule has 1 saturated heterocycles. The molecule has 0 radical (unpaired) electrons. The smallest absolute Gasteiger partial charge is 0.255 e. The molecule has 146 valence electrons. The van der Waals surface area contributed by atoms with Crippen molar-refractivity contribution in [3.63, 3.8) is 0 Å². The third kappa shape index (κ3) is 4.70. The second-order valence-corrected chi connectivity index (χ2v) is 7.38. The van der Waals surface area contributed by atoms with Gasteiger partial charge in [0.05, 0.1) is 17.1 Å². The average Bonchev–Trinajstić information content (AvgIpc) is 2.68. The lowest BCUT2D eigenvalue weighted by Gasteiger charge is -2.33. The third-order valence-electron chi connectivity index (χ3n) is 4.94. The highest BCUT2D eigenvalue weighted by molar-refractivity contribution is 6.05. The van der Waals surface area contributed by atoms with Crippen LogP contribution in [0.25, 0.3) is 6.08 Å². The summed E-state index contributed by atoms with van der Waals surface area (Å²) in [4.78, 5) is 19.3. The zero-order valence-electron chi connectivity index (χ0n) is 16.4. The summed E-state index contributed by atoms with van der Waals surface area (Å²) in [7, 11) is 0. The van der Waals surface area contributed by atoms with E-state index in [9.17, 15) is 4.79 Å². The number of aryl methyl sites for hydroxylation is 1. The molecule has 0 atom stereocenters. The molecule has 0 saturated carbocycles. The zero-order chi connectivity index (χ0) is 20.2. The first-order chi connectivity index (χ1) is 14.1. The fraction of sp³-hybridized carbons (Fsp3) is 0.167. The number of benzene rings is 2. The minimum atomic E-state index is -0.164. The SMILES string of the molecule is Cc1cccc(CN2CC(=Cc3ccc(C(=O)Nc4ccccc4N)cc3)C2)n1. The van der Waals surface area contributed by atoms with E-state index in [-0.39, 0.29) is 5.91 Å². The van der Waals surface area contributed by atoms with Gasteiger partial charge >= 0.3 is 0 Å². The quantitative estimate of drug-likeness (QED) is 0.649. The molecule has 1 fully saturated rings. The molecule has 1 amide bonds. The number of rotatable bonds is 5. The van der Waals surface area contributed by atoms with Crippen molar-refractivity contribution in [3.05, 3.63) is 94.8 Å². The number of pyridine rings is 1. The van der Waals surface area contributed by atoms with Crippen molar-refractivity contribution in [2.45, 2.75) is 13.5 Å². The van der Waals surface area contributed by atoms with Crippen molar-refractivity contribution >= 4 is 23.4 Å². The maximum atomic E-state index is 12.4. The number of hydrogen-bond donors (Lipinski definition) is 2. The lowest BCUT2D eigenvalue weighted by Crippen LogP contribution is -2.39. The number of carbonyl (C=O) groups is 1. The fourth-order valence-corrected chi connectivity index (χ4v) is 3.42. The van der Waals surface area contributed by atoms with Crippen molar-refractivity contribution in [2.75, 3.05) is 24.1 Å². The minimum Gasteiger partial charge on any atom is -0.397 e. The van der Waals surface area contributed by atoms with Gasteiger partial charge in [0.25, 0.3) is 5.91 Å². The van der Waals surface area contributed by atoms with Crippen LogP contribution in [-0.2, 0) is 6.54 Å². The van der Waals surface area contributed by atoms with E-state index in [0.717, 1.165) is 36.6 Å². The summed E-state index contributed by atoms with van der Waals surface area (Å²) in [5.41, 5.74) is 12.3. The zero-order valence-corrected chi connectivity index (χ0v) is 16.4. The van der Waals surface area contributed by atoms with E-state index in [0.29, 0.717) is 16.9 Å². The molecule has 2 aromatic carbocycles. The second kappa shape index (κ2) is 8.29. The first kappa shape index (κ1) is 18.9. The second-order valence-electron chi connectivity index (χ2n) is 7.38. The molecular formula is C24H24N4O. The first-order valence-electron chi connectivity index (χ1n) is 9.67. The molecule has 3 N–H and O–H groups in total. The Hall–Kier alpha value is -3.44. The van der Waals surface area contributed by atoms with Gasteiger partial charge in [0.1, 0.15) is 0 Å². The number of aromatic nitrogens is 1. The highest BCUT2D eigenvalue weighted by atomic mass is 16.1. The first-order valence-corrected chi connectivity index (χ1v) is 9.67. The fourth-order valence-electron chi connectivity index (χ4n) is 3.42. The standard InChI is InChI=1S/C24H24N4O/c1-17-5-4-6-21(26-17)16-28-14-19(15-28)13-18-9-11-20(12-10-18)24(29)27-23-8-3-2-7-22(23)25/h2-13H,14-16,25H2,1H3,(H,27,29). The molecule has 0 bridgehead atoms. The summed E-state index contributed by atoms with van der Waals surface area (Å²) >= 11 is 0. The van der Waals surface area contributed by atoms with Crippen molar-refractivity contribution in [1.29, 1.82) is 0 Å². The summed E-state index contributed by atoms with van der Waals surface area (Å²) in [6.07, 6.45) is 2.19. The maximum Gasteiger partial charge on any atom is 0.255 e. The van der Waals surface area contributed by atoms with Gasteiger partial charge in [-0.1, -0.05) is 36.4 Å². The molecular weight excluding hydrogens is 360 g/mol. The van der Waals surface area contributed by atoms with Gasteiger partial charge in [-0.05, 0) is 54.5 Å². The van der Waals surface area contributed by atoms with Crippen LogP contribution in [0.3, 0.4) is 0 Å². The van der Waals surface area contributed by atoms with Gasteiger partial charge in [-0.3, -0.25) is 14.7 Å². The Labute approximate surface area is 170 Å². The maximum absolute atomic E-state index is 12.4. The predicted octanol–water partition coefficient (Wildman–Crippen LogP) is 4.12. The normalized spacial score (nSPS) is 13.6. The van der Waals surface area contributed by atoms with Gasteiger partial charge < -0.3 is 11.1 Å². The van der Waals surface area contributed by atoms with Gasteiger partial charge in [-0.2, -0.15) is 0 Å². The number of nitrogens with zero attached hydrogens (tertiary/aromatic N) is 2. The van der Waals surface area contributed by atoms with Gasteiger partial charge in [0.15, 0.2) is 0 Å². The highest BCUT2D eigenvalue weighted by Gasteiger charge is 2.20. The number of carbonyl (C=O) groups excluding carboxylic acids is 1. The summed E-state index contributed by atoms with van der Waals surface area (Å²) in [6, 6.07) is 21.0. The van der Waals surface area contributed by atoms with Crippen molar-refractivity contribution < 1.29 is 4.79 Å². The van der Waals surface area contributed by atoms with Crippen LogP contribution in [0.5, 0.6) is 0 Å². The van der Waals surface area contributed by atoms with E-state index in [1.807, 2.05) is 49.4 Å². The number of likely N-dealkylation sites (tertiary alicyclic amines) is 1. The Morgan fingerprint density at radius 1 is 1.07 bits per heavy atom. The topological polar surface area (TPSA) is 71.2 Å². The molecule has 0 spiro atoms. The number of nitrogen functional groups attached to an aromatic ring is 1. The summed E-state index contributed by atoms with van der Waals surface area (Å²) in [5.74, 6) is -0.164. The van der Waals surface area contributed by atoms with Crippen molar-refractivity contribution in [1.82, 2.24) is 9.88 Å². The Balaban J connectivity index is 1.33. The largest absolute Gasteiger partial charge is 0.397 e. The van der Waals surface area contributed by atoms with Crippen LogP contribution in [-0.4, -0.2) is 28.9 Å². The van der Waals surface area contributed by atoms with Crippen LogP contribution in [0.4, 0.5) is 11.4 Å². The monoisotopic (exact) mass is 384 g/mol. The summed E-state index contributed by atoms with van der Waals surface area (Å²) in [6.45, 7) is 4.79. The van der Waals surface area contributed by atoms with Crippen LogP contribution in [0.1, 0.15) is 27.3 Å². The molecule has 5 heteroatoms. The number of nitrogens with one attached hydrogen (secondary N) is 1. The number of amides is 1. The molecule has 3 aromatic rings. The van der Waals surface area contributed by atoms with Crippen LogP contribution in [0.2, 0.25) is 0 Å². The molecule has 29 heavy (non-hydrogen) atoms. The van der Waals surface area contributed by atoms with E-state index in [4.69, 9.17) is 5.73 Å². The Morgan fingerprint density at radius 3 is 2.55 bits per heavy atom. The van der Waals surface area contributed by atoms with E-state index >= 15 is 0 Å². The van der Waals surface area contributed by atoms with Gasteiger partial charge in [-0.25, -0.2) is 0 Å². The van der Waals surface area contributed by atoms with Crippen molar-refractivity contribution in [3.8, 4) is 0 Å². The number of anilines is 2. The lowest BCUT2D eigenvalue weighted by atomic mass is 10.0. The molecule has 2 heterocycles. The van der Waals surface area contributed by atoms with Crippen LogP contribution >= 0.6 is 0 Å². The molecule has 1 aliphatic rings. The summed E-state index contributed by atoms with van der Waals surface area (Å²) < 4.78 is 0. The molecule has 4 rings (SSSR count). The Bertz CT molecular complexity index is 1050. The molecule has 1 aromatic heterocycles. The van der Waals surface area contributed by atoms with Gasteiger partial charge in [0.2, 0.25) is 0 Å². The van der Waals surface area contributed by atoms with E-state index in [1.54, 1.807) is 12.1 Å². The molecule has 5 nitrogen and oxygen atoms in total. The number of para-hydroxylation sites is 2. The van der Waals surface area contributed by atoms with Crippen molar-refractivity contribution in [2.24, 2.45) is 0 Å². The van der Waals surface area contributed by atoms with Crippen LogP contribution < -0.4 is 11.1 Å². The predicted molar refractivity (Wildman–Crippen MR) is 117 cm³/mol. The van der Waals surface area contributed by atoms with Crippen LogP contribution in [0, 0.1) is 6.92 Å². The van der Waals surface area contributed by atoms with E-state index < -0.39 is 0 Å². The van der Waals surface area contributed by atoms with E-state index in [1.165, 1.54) is 5.57 Å². The van der Waals surface area contributed by atoms with Gasteiger partial charge in [-0.15, -0.1) is 0 Å². The summed E-state index contributed by atoms with van der Waals surface area (Å²) in [5, 5.41) is 2.85. The van der Waals surface area contributed by atoms with E-state index in [2.05, 4.69) is 33.4 Å². The Morgan fingerprint density at radius 2 is 1.83 bits per heavy atom. The minimum absolute atomic E-state index is 0.164. The third-order valence-corrected chi connectivity index (χ3v) is 4.94. The average molecular weight is 384 g/mol. The van der Waals surface area contributed by atoms with Gasteiger partial charge in [0, 0.05) is 30.9 Å². The highest BCUT2D eigenvalue weighted by Crippen LogP contribution is 2.21. The molecule has 1 aliphatic heterocycles. The molecule has 0 aliphatic carbocycles. The number of hydrogen-bond acceptors (Lipinski definition) is 4. The Kier molecular flexibility index (Phi) is 5.40. The number of nitrogens with two attached hydrogens (primary N) is 1. The molecule has 0 unspecified atom stereocenters. The lowest BCUT2D eigenvalue weighted by molar-refractivity contribution is 0.102. The van der Waals surface area contributed by atoms with Crippen LogP contribution in [0.15, 0.2) is 72.3 Å².